The van der Waals surface area contributed by atoms with Crippen molar-refractivity contribution in [1.82, 2.24) is 0 Å². The van der Waals surface area contributed by atoms with Gasteiger partial charge in [-0.2, -0.15) is 0 Å². The van der Waals surface area contributed by atoms with Gasteiger partial charge in [0, 0.05) is 17.9 Å². The Bertz CT molecular complexity index is 567. The molecule has 0 saturated carbocycles. The van der Waals surface area contributed by atoms with Gasteiger partial charge in [0.25, 0.3) is 0 Å². The number of rotatable bonds is 3. The Morgan fingerprint density at radius 3 is 2.44 bits per heavy atom. The van der Waals surface area contributed by atoms with Gasteiger partial charge in [-0.25, -0.2) is 0 Å². The number of benzene rings is 2. The lowest BCUT2D eigenvalue weighted by atomic mass is 9.98. The fourth-order valence-corrected chi connectivity index (χ4v) is 1.96. The van der Waals surface area contributed by atoms with Crippen molar-refractivity contribution in [3.05, 3.63) is 42.0 Å². The minimum Gasteiger partial charge on any atom is -0.399 e. The second-order valence-corrected chi connectivity index (χ2v) is 4.25. The lowest BCUT2D eigenvalue weighted by Gasteiger charge is -2.12. The number of hydrogen-bond donors (Lipinski definition) is 4. The maximum Gasteiger partial charge on any atom is 0.0627 e. The summed E-state index contributed by atoms with van der Waals surface area (Å²) in [5.74, 6) is 0. The summed E-state index contributed by atoms with van der Waals surface area (Å²) in [4.78, 5) is 0. The molecule has 0 aliphatic heterocycles. The van der Waals surface area contributed by atoms with Gasteiger partial charge in [0.15, 0.2) is 0 Å². The molecule has 0 aliphatic rings. The highest BCUT2D eigenvalue weighted by Gasteiger charge is 2.08. The highest BCUT2D eigenvalue weighted by atomic mass is 16.2. The van der Waals surface area contributed by atoms with E-state index < -0.39 is 0 Å². The molecule has 4 heteroatoms. The summed E-state index contributed by atoms with van der Waals surface area (Å²) in [6.07, 6.45) is 0.555. The Morgan fingerprint density at radius 2 is 1.78 bits per heavy atom. The van der Waals surface area contributed by atoms with Crippen LogP contribution in [0.4, 0.5) is 17.1 Å². The van der Waals surface area contributed by atoms with Crippen LogP contribution in [0.1, 0.15) is 5.56 Å². The molecule has 0 fully saturated rings. The van der Waals surface area contributed by atoms with Crippen molar-refractivity contribution in [3.8, 4) is 11.1 Å². The van der Waals surface area contributed by atoms with E-state index in [-0.39, 0.29) is 6.61 Å². The Balaban J connectivity index is 2.55. The van der Waals surface area contributed by atoms with E-state index in [1.165, 1.54) is 0 Å². The van der Waals surface area contributed by atoms with Crippen LogP contribution in [0.5, 0.6) is 0 Å². The van der Waals surface area contributed by atoms with Gasteiger partial charge in [0.05, 0.1) is 11.4 Å². The standard InChI is InChI=1S/C14H17N3O/c15-11-3-1-2-10(8-11)12-6-9(4-5-18)7-13(16)14(12)17/h1-3,6-8,18H,4-5,15-17H2. The van der Waals surface area contributed by atoms with Gasteiger partial charge in [-0.05, 0) is 41.8 Å². The summed E-state index contributed by atoms with van der Waals surface area (Å²) < 4.78 is 0. The zero-order valence-corrected chi connectivity index (χ0v) is 10.1. The van der Waals surface area contributed by atoms with Crippen LogP contribution in [0, 0.1) is 0 Å². The topological polar surface area (TPSA) is 98.3 Å². The Morgan fingerprint density at radius 1 is 1.00 bits per heavy atom. The summed E-state index contributed by atoms with van der Waals surface area (Å²) >= 11 is 0. The molecule has 0 unspecified atom stereocenters. The van der Waals surface area contributed by atoms with Gasteiger partial charge in [0.2, 0.25) is 0 Å². The number of nitrogens with two attached hydrogens (primary N) is 3. The van der Waals surface area contributed by atoms with Crippen LogP contribution in [-0.4, -0.2) is 11.7 Å². The van der Waals surface area contributed by atoms with Crippen LogP contribution >= 0.6 is 0 Å². The van der Waals surface area contributed by atoms with E-state index in [9.17, 15) is 0 Å². The van der Waals surface area contributed by atoms with E-state index >= 15 is 0 Å². The summed E-state index contributed by atoms with van der Waals surface area (Å²) in [6, 6.07) is 11.2. The molecule has 0 spiro atoms. The van der Waals surface area contributed by atoms with Crippen molar-refractivity contribution in [2.45, 2.75) is 6.42 Å². The van der Waals surface area contributed by atoms with E-state index in [1.54, 1.807) is 6.07 Å². The minimum atomic E-state index is 0.0831. The molecule has 0 aliphatic carbocycles. The second-order valence-electron chi connectivity index (χ2n) is 4.25. The Hall–Kier alpha value is -2.20. The zero-order valence-electron chi connectivity index (χ0n) is 10.1. The predicted octanol–water partition coefficient (Wildman–Crippen LogP) is 1.64. The van der Waals surface area contributed by atoms with Crippen LogP contribution in [0.2, 0.25) is 0 Å². The van der Waals surface area contributed by atoms with Crippen molar-refractivity contribution in [2.75, 3.05) is 23.8 Å². The maximum atomic E-state index is 8.99. The van der Waals surface area contributed by atoms with Crippen molar-refractivity contribution < 1.29 is 5.11 Å². The first kappa shape index (κ1) is 12.3. The first-order valence-corrected chi connectivity index (χ1v) is 5.76. The zero-order chi connectivity index (χ0) is 13.1. The van der Waals surface area contributed by atoms with Crippen molar-refractivity contribution in [2.24, 2.45) is 0 Å². The average molecular weight is 243 g/mol. The lowest BCUT2D eigenvalue weighted by Crippen LogP contribution is -2.01. The van der Waals surface area contributed by atoms with Crippen LogP contribution in [0.3, 0.4) is 0 Å². The van der Waals surface area contributed by atoms with Crippen LogP contribution in [0.15, 0.2) is 36.4 Å². The molecule has 94 valence electrons. The summed E-state index contributed by atoms with van der Waals surface area (Å²) in [5, 5.41) is 8.99. The van der Waals surface area contributed by atoms with Crippen molar-refractivity contribution in [3.63, 3.8) is 0 Å². The number of hydrogen-bond acceptors (Lipinski definition) is 4. The molecule has 2 rings (SSSR count). The van der Waals surface area contributed by atoms with E-state index in [2.05, 4.69) is 0 Å². The van der Waals surface area contributed by atoms with Crippen molar-refractivity contribution in [1.29, 1.82) is 0 Å². The predicted molar refractivity (Wildman–Crippen MR) is 75.9 cm³/mol. The first-order valence-electron chi connectivity index (χ1n) is 5.76. The molecule has 0 aromatic heterocycles. The third-order valence-electron chi connectivity index (χ3n) is 2.87. The second kappa shape index (κ2) is 4.98. The average Bonchev–Trinajstić information content (AvgIpc) is 2.34. The van der Waals surface area contributed by atoms with Crippen molar-refractivity contribution >= 4 is 17.1 Å². The van der Waals surface area contributed by atoms with Crippen LogP contribution in [0.25, 0.3) is 11.1 Å². The first-order chi connectivity index (χ1) is 8.61. The van der Waals surface area contributed by atoms with E-state index in [0.29, 0.717) is 23.5 Å². The largest absolute Gasteiger partial charge is 0.399 e. The molecule has 0 radical (unpaired) electrons. The highest BCUT2D eigenvalue weighted by Crippen LogP contribution is 2.32. The minimum absolute atomic E-state index is 0.0831. The number of aliphatic hydroxyl groups excluding tert-OH is 1. The van der Waals surface area contributed by atoms with Gasteiger partial charge in [0.1, 0.15) is 0 Å². The fourth-order valence-electron chi connectivity index (χ4n) is 1.96. The molecule has 2 aromatic rings. The molecule has 18 heavy (non-hydrogen) atoms. The number of nitrogen functional groups attached to an aromatic ring is 3. The Labute approximate surface area is 106 Å². The highest BCUT2D eigenvalue weighted by molar-refractivity contribution is 5.86. The molecule has 2 aromatic carbocycles. The van der Waals surface area contributed by atoms with E-state index in [1.807, 2.05) is 30.3 Å². The molecule has 0 saturated heterocycles. The molecule has 0 amide bonds. The van der Waals surface area contributed by atoms with Gasteiger partial charge in [-0.15, -0.1) is 0 Å². The van der Waals surface area contributed by atoms with E-state index in [4.69, 9.17) is 22.3 Å². The normalized spacial score (nSPS) is 10.5. The van der Waals surface area contributed by atoms with Crippen LogP contribution in [-0.2, 0) is 6.42 Å². The number of anilines is 3. The molecule has 0 atom stereocenters. The monoisotopic (exact) mass is 243 g/mol. The maximum absolute atomic E-state index is 8.99. The smallest absolute Gasteiger partial charge is 0.0627 e. The van der Waals surface area contributed by atoms with Gasteiger partial charge in [-0.1, -0.05) is 12.1 Å². The molecule has 0 bridgehead atoms. The van der Waals surface area contributed by atoms with Gasteiger partial charge in [-0.3, -0.25) is 0 Å². The van der Waals surface area contributed by atoms with Gasteiger partial charge >= 0.3 is 0 Å². The molecule has 7 N–H and O–H groups in total. The van der Waals surface area contributed by atoms with Crippen LogP contribution < -0.4 is 17.2 Å². The quantitative estimate of drug-likeness (QED) is 0.616. The molecular weight excluding hydrogens is 226 g/mol. The summed E-state index contributed by atoms with van der Waals surface area (Å²) in [6.45, 7) is 0.0831. The molecular formula is C14H17N3O. The number of aliphatic hydroxyl groups is 1. The lowest BCUT2D eigenvalue weighted by molar-refractivity contribution is 0.299. The molecule has 4 nitrogen and oxygen atoms in total. The van der Waals surface area contributed by atoms with Gasteiger partial charge < -0.3 is 22.3 Å². The Kier molecular flexibility index (Phi) is 3.39. The van der Waals surface area contributed by atoms with E-state index in [0.717, 1.165) is 16.7 Å². The summed E-state index contributed by atoms with van der Waals surface area (Å²) in [5.41, 5.74) is 22.2. The fraction of sp³-hybridized carbons (Fsp3) is 0.143. The SMILES string of the molecule is Nc1cccc(-c2cc(CCO)cc(N)c2N)c1. The third kappa shape index (κ3) is 2.38. The summed E-state index contributed by atoms with van der Waals surface area (Å²) in [7, 11) is 0. The third-order valence-corrected chi connectivity index (χ3v) is 2.87. The molecule has 0 heterocycles.